The van der Waals surface area contributed by atoms with Crippen molar-refractivity contribution in [2.45, 2.75) is 24.7 Å². The molecule has 0 aliphatic carbocycles. The molecule has 0 N–H and O–H groups in total. The molecular formula is C29H27N5O2S. The van der Waals surface area contributed by atoms with E-state index in [0.29, 0.717) is 11.7 Å². The molecule has 0 aliphatic rings. The number of hydrogen-bond donors (Lipinski definition) is 0. The van der Waals surface area contributed by atoms with Gasteiger partial charge in [-0.2, -0.15) is 4.80 Å². The van der Waals surface area contributed by atoms with Crippen LogP contribution >= 0.6 is 0 Å². The SMILES string of the molecule is CC(C)c1cc(-c2cccc(/C=C(/c3ccc(S(C)(=O)=O)cc3)c3nnn(C)n3)c2)c2ncccc2c1. The summed E-state index contributed by atoms with van der Waals surface area (Å²) in [6, 6.07) is 23.5. The van der Waals surface area contributed by atoms with Gasteiger partial charge in [0.05, 0.1) is 17.5 Å². The Hall–Kier alpha value is -4.17. The average Bonchev–Trinajstić information content (AvgIpc) is 3.32. The van der Waals surface area contributed by atoms with Crippen LogP contribution < -0.4 is 0 Å². The Morgan fingerprint density at radius 3 is 2.43 bits per heavy atom. The monoisotopic (exact) mass is 509 g/mol. The molecule has 7 nitrogen and oxygen atoms in total. The minimum absolute atomic E-state index is 0.258. The third kappa shape index (κ3) is 5.20. The van der Waals surface area contributed by atoms with Crippen molar-refractivity contribution in [3.05, 3.63) is 102 Å². The van der Waals surface area contributed by atoms with Crippen LogP contribution in [0, 0.1) is 0 Å². The molecule has 5 rings (SSSR count). The van der Waals surface area contributed by atoms with Gasteiger partial charge in [-0.05, 0) is 75.9 Å². The van der Waals surface area contributed by atoms with E-state index in [-0.39, 0.29) is 4.90 Å². The molecule has 8 heteroatoms. The number of fused-ring (bicyclic) bond motifs is 1. The van der Waals surface area contributed by atoms with E-state index in [1.807, 2.05) is 30.5 Å². The normalized spacial score (nSPS) is 12.4. The number of aromatic nitrogens is 5. The van der Waals surface area contributed by atoms with Crippen molar-refractivity contribution >= 4 is 32.4 Å². The minimum Gasteiger partial charge on any atom is -0.256 e. The van der Waals surface area contributed by atoms with Gasteiger partial charge in [0.15, 0.2) is 9.84 Å². The molecule has 0 bridgehead atoms. The molecule has 2 heterocycles. The standard InChI is InChI=1S/C29H27N5O2S/c1-19(2)24-17-23-9-6-14-30-28(23)26(18-24)22-8-5-7-20(15-22)16-27(29-31-33-34(3)32-29)21-10-12-25(13-11-21)37(4,35)36/h5-19H,1-4H3/b27-16-. The Kier molecular flexibility index (Phi) is 6.43. The van der Waals surface area contributed by atoms with Crippen LogP contribution in [0.2, 0.25) is 0 Å². The second-order valence-corrected chi connectivity index (χ2v) is 11.4. The van der Waals surface area contributed by atoms with E-state index in [1.165, 1.54) is 16.6 Å². The van der Waals surface area contributed by atoms with Gasteiger partial charge in [-0.3, -0.25) is 4.98 Å². The highest BCUT2D eigenvalue weighted by Gasteiger charge is 2.15. The summed E-state index contributed by atoms with van der Waals surface area (Å²) >= 11 is 0. The van der Waals surface area contributed by atoms with Gasteiger partial charge in [0, 0.05) is 29.0 Å². The van der Waals surface area contributed by atoms with Crippen molar-refractivity contribution in [3.63, 3.8) is 0 Å². The van der Waals surface area contributed by atoms with Crippen LogP contribution in [0.1, 0.15) is 42.3 Å². The molecule has 0 aliphatic heterocycles. The van der Waals surface area contributed by atoms with Crippen molar-refractivity contribution in [2.75, 3.05) is 6.26 Å². The number of tetrazole rings is 1. The van der Waals surface area contributed by atoms with Crippen molar-refractivity contribution in [1.29, 1.82) is 0 Å². The summed E-state index contributed by atoms with van der Waals surface area (Å²) in [6.45, 7) is 4.38. The lowest BCUT2D eigenvalue weighted by Crippen LogP contribution is -1.98. The molecule has 0 saturated heterocycles. The van der Waals surface area contributed by atoms with Gasteiger partial charge in [0.1, 0.15) is 0 Å². The summed E-state index contributed by atoms with van der Waals surface area (Å²) in [5.74, 6) is 0.838. The Balaban J connectivity index is 1.65. The van der Waals surface area contributed by atoms with E-state index >= 15 is 0 Å². The molecule has 0 saturated carbocycles. The Morgan fingerprint density at radius 1 is 0.973 bits per heavy atom. The van der Waals surface area contributed by atoms with Gasteiger partial charge < -0.3 is 0 Å². The fourth-order valence-corrected chi connectivity index (χ4v) is 4.91. The summed E-state index contributed by atoms with van der Waals surface area (Å²) in [6.07, 6.45) is 5.02. The van der Waals surface area contributed by atoms with E-state index in [9.17, 15) is 8.42 Å². The molecule has 3 aromatic carbocycles. The molecule has 0 amide bonds. The fourth-order valence-electron chi connectivity index (χ4n) is 4.28. The number of rotatable bonds is 6. The number of hydrogen-bond acceptors (Lipinski definition) is 6. The minimum atomic E-state index is -3.30. The predicted octanol–water partition coefficient (Wildman–Crippen LogP) is 5.54. The lowest BCUT2D eigenvalue weighted by atomic mass is 9.93. The van der Waals surface area contributed by atoms with E-state index in [0.717, 1.165) is 38.7 Å². The smallest absolute Gasteiger partial charge is 0.205 e. The summed E-state index contributed by atoms with van der Waals surface area (Å²) in [5, 5.41) is 13.7. The Morgan fingerprint density at radius 2 is 1.76 bits per heavy atom. The van der Waals surface area contributed by atoms with Gasteiger partial charge in [0.25, 0.3) is 0 Å². The largest absolute Gasteiger partial charge is 0.256 e. The van der Waals surface area contributed by atoms with Crippen LogP contribution in [-0.4, -0.2) is 39.9 Å². The molecule has 2 aromatic heterocycles. The second-order valence-electron chi connectivity index (χ2n) is 9.38. The molecule has 0 unspecified atom stereocenters. The van der Waals surface area contributed by atoms with E-state index in [2.05, 4.69) is 64.6 Å². The molecule has 5 aromatic rings. The number of sulfone groups is 1. The summed E-state index contributed by atoms with van der Waals surface area (Å²) in [5.41, 5.74) is 6.83. The first kappa shape index (κ1) is 24.5. The maximum atomic E-state index is 12.0. The number of benzene rings is 3. The number of aryl methyl sites for hydroxylation is 1. The summed E-state index contributed by atoms with van der Waals surface area (Å²) in [4.78, 5) is 6.34. The van der Waals surface area contributed by atoms with Crippen LogP contribution in [0.5, 0.6) is 0 Å². The maximum absolute atomic E-state index is 12.0. The number of pyridine rings is 1. The summed E-state index contributed by atoms with van der Waals surface area (Å²) in [7, 11) is -1.59. The van der Waals surface area contributed by atoms with Gasteiger partial charge in [-0.25, -0.2) is 8.42 Å². The highest BCUT2D eigenvalue weighted by atomic mass is 32.2. The van der Waals surface area contributed by atoms with Gasteiger partial charge in [-0.15, -0.1) is 10.2 Å². The molecule has 0 radical (unpaired) electrons. The first-order valence-electron chi connectivity index (χ1n) is 11.9. The van der Waals surface area contributed by atoms with Crippen molar-refractivity contribution in [3.8, 4) is 11.1 Å². The predicted molar refractivity (Wildman–Crippen MR) is 147 cm³/mol. The van der Waals surface area contributed by atoms with Crippen LogP contribution in [0.4, 0.5) is 0 Å². The second kappa shape index (κ2) is 9.71. The molecule has 186 valence electrons. The third-order valence-corrected chi connectivity index (χ3v) is 7.37. The molecule has 37 heavy (non-hydrogen) atoms. The van der Waals surface area contributed by atoms with Crippen LogP contribution in [0.3, 0.4) is 0 Å². The lowest BCUT2D eigenvalue weighted by Gasteiger charge is -2.13. The lowest BCUT2D eigenvalue weighted by molar-refractivity contribution is 0.602. The van der Waals surface area contributed by atoms with Gasteiger partial charge in [0.2, 0.25) is 5.82 Å². The molecular weight excluding hydrogens is 482 g/mol. The average molecular weight is 510 g/mol. The molecule has 0 fully saturated rings. The topological polar surface area (TPSA) is 90.6 Å². The highest BCUT2D eigenvalue weighted by Crippen LogP contribution is 2.33. The van der Waals surface area contributed by atoms with E-state index in [1.54, 1.807) is 31.3 Å². The Bertz CT molecular complexity index is 1740. The van der Waals surface area contributed by atoms with E-state index in [4.69, 9.17) is 0 Å². The first-order chi connectivity index (χ1) is 17.7. The quantitative estimate of drug-likeness (QED) is 0.279. The van der Waals surface area contributed by atoms with Crippen LogP contribution in [-0.2, 0) is 16.9 Å². The zero-order valence-electron chi connectivity index (χ0n) is 21.1. The van der Waals surface area contributed by atoms with Crippen molar-refractivity contribution < 1.29 is 8.42 Å². The Labute approximate surface area is 216 Å². The van der Waals surface area contributed by atoms with Gasteiger partial charge in [-0.1, -0.05) is 50.2 Å². The summed E-state index contributed by atoms with van der Waals surface area (Å²) < 4.78 is 23.9. The maximum Gasteiger partial charge on any atom is 0.205 e. The molecule has 0 spiro atoms. The van der Waals surface area contributed by atoms with Gasteiger partial charge >= 0.3 is 0 Å². The zero-order chi connectivity index (χ0) is 26.2. The fraction of sp³-hybridized carbons (Fsp3) is 0.172. The number of nitrogens with zero attached hydrogens (tertiary/aromatic N) is 5. The first-order valence-corrected chi connectivity index (χ1v) is 13.8. The third-order valence-electron chi connectivity index (χ3n) is 6.25. The van der Waals surface area contributed by atoms with Crippen molar-refractivity contribution in [2.24, 2.45) is 7.05 Å². The molecule has 0 atom stereocenters. The van der Waals surface area contributed by atoms with Crippen molar-refractivity contribution in [1.82, 2.24) is 25.2 Å². The zero-order valence-corrected chi connectivity index (χ0v) is 21.9. The van der Waals surface area contributed by atoms with E-state index < -0.39 is 9.84 Å². The van der Waals surface area contributed by atoms with Crippen LogP contribution in [0.25, 0.3) is 33.7 Å². The van der Waals surface area contributed by atoms with Crippen LogP contribution in [0.15, 0.2) is 83.9 Å². The highest BCUT2D eigenvalue weighted by molar-refractivity contribution is 7.90.